The molecule has 1 fully saturated rings. The maximum absolute atomic E-state index is 12.8. The van der Waals surface area contributed by atoms with E-state index in [-0.39, 0.29) is 11.8 Å². The summed E-state index contributed by atoms with van der Waals surface area (Å²) in [7, 11) is 0. The third kappa shape index (κ3) is 5.34. The SMILES string of the molecule is O=C(NCCc1ccccc1)c1ccc(N2CCN(C(=O)c3ccccc3Br)CC2)nc1. The standard InChI is InChI=1S/C25H25BrN4O2/c26-22-9-5-4-8-21(22)25(32)30-16-14-29(15-17-30)23-11-10-20(18-28-23)24(31)27-13-12-19-6-2-1-3-7-19/h1-11,18H,12-17H2,(H,27,31). The minimum absolute atomic E-state index is 0.0348. The highest BCUT2D eigenvalue weighted by Gasteiger charge is 2.24. The fourth-order valence-electron chi connectivity index (χ4n) is 3.72. The van der Waals surface area contributed by atoms with Crippen LogP contribution in [0.3, 0.4) is 0 Å². The summed E-state index contributed by atoms with van der Waals surface area (Å²) in [5.74, 6) is 0.732. The second-order valence-electron chi connectivity index (χ2n) is 7.66. The number of hydrogen-bond acceptors (Lipinski definition) is 4. The van der Waals surface area contributed by atoms with E-state index < -0.39 is 0 Å². The van der Waals surface area contributed by atoms with Crippen LogP contribution in [-0.4, -0.2) is 54.4 Å². The molecule has 7 heteroatoms. The van der Waals surface area contributed by atoms with Crippen molar-refractivity contribution in [1.82, 2.24) is 15.2 Å². The van der Waals surface area contributed by atoms with Gasteiger partial charge in [0.05, 0.1) is 11.1 Å². The number of benzene rings is 2. The minimum Gasteiger partial charge on any atom is -0.353 e. The lowest BCUT2D eigenvalue weighted by atomic mass is 10.1. The Balaban J connectivity index is 1.28. The van der Waals surface area contributed by atoms with E-state index >= 15 is 0 Å². The molecule has 2 heterocycles. The Morgan fingerprint density at radius 3 is 2.31 bits per heavy atom. The molecular weight excluding hydrogens is 468 g/mol. The molecule has 3 aromatic rings. The quantitative estimate of drug-likeness (QED) is 0.568. The molecule has 32 heavy (non-hydrogen) atoms. The van der Waals surface area contributed by atoms with Crippen LogP contribution in [0.4, 0.5) is 5.82 Å². The molecule has 6 nitrogen and oxygen atoms in total. The maximum atomic E-state index is 12.8. The first-order valence-electron chi connectivity index (χ1n) is 10.7. The molecule has 1 saturated heterocycles. The number of hydrogen-bond donors (Lipinski definition) is 1. The number of nitrogens with one attached hydrogen (secondary N) is 1. The lowest BCUT2D eigenvalue weighted by molar-refractivity contribution is 0.0745. The molecule has 1 N–H and O–H groups in total. The number of piperazine rings is 1. The largest absolute Gasteiger partial charge is 0.353 e. The van der Waals surface area contributed by atoms with Crippen molar-refractivity contribution in [2.75, 3.05) is 37.6 Å². The summed E-state index contributed by atoms with van der Waals surface area (Å²) in [6.07, 6.45) is 2.41. The fourth-order valence-corrected chi connectivity index (χ4v) is 4.17. The summed E-state index contributed by atoms with van der Waals surface area (Å²) in [6.45, 7) is 3.24. The molecular formula is C25H25BrN4O2. The second-order valence-corrected chi connectivity index (χ2v) is 8.51. The molecule has 0 radical (unpaired) electrons. The van der Waals surface area contributed by atoms with E-state index in [1.807, 2.05) is 53.4 Å². The zero-order chi connectivity index (χ0) is 22.3. The fraction of sp³-hybridized carbons (Fsp3) is 0.240. The number of pyridine rings is 1. The van der Waals surface area contributed by atoms with E-state index in [9.17, 15) is 9.59 Å². The number of carbonyl (C=O) groups excluding carboxylic acids is 2. The highest BCUT2D eigenvalue weighted by atomic mass is 79.9. The lowest BCUT2D eigenvalue weighted by Gasteiger charge is -2.35. The molecule has 1 aliphatic heterocycles. The van der Waals surface area contributed by atoms with Gasteiger partial charge >= 0.3 is 0 Å². The Kier molecular flexibility index (Phi) is 7.17. The Hall–Kier alpha value is -3.19. The number of rotatable bonds is 6. The van der Waals surface area contributed by atoms with Crippen molar-refractivity contribution in [3.63, 3.8) is 0 Å². The first-order chi connectivity index (χ1) is 15.6. The Morgan fingerprint density at radius 2 is 1.62 bits per heavy atom. The van der Waals surface area contributed by atoms with Gasteiger partial charge in [-0.2, -0.15) is 0 Å². The van der Waals surface area contributed by atoms with Crippen LogP contribution in [0.25, 0.3) is 0 Å². The molecule has 2 amide bonds. The zero-order valence-corrected chi connectivity index (χ0v) is 19.3. The molecule has 4 rings (SSSR count). The predicted molar refractivity (Wildman–Crippen MR) is 129 cm³/mol. The van der Waals surface area contributed by atoms with Crippen molar-refractivity contribution < 1.29 is 9.59 Å². The molecule has 0 aliphatic carbocycles. The molecule has 0 unspecified atom stereocenters. The van der Waals surface area contributed by atoms with E-state index in [0.29, 0.717) is 43.9 Å². The van der Waals surface area contributed by atoms with Crippen LogP contribution in [0, 0.1) is 0 Å². The van der Waals surface area contributed by atoms with Crippen LogP contribution < -0.4 is 10.2 Å². The van der Waals surface area contributed by atoms with Crippen molar-refractivity contribution in [3.8, 4) is 0 Å². The first-order valence-corrected chi connectivity index (χ1v) is 11.5. The molecule has 2 aromatic carbocycles. The average Bonchev–Trinajstić information content (AvgIpc) is 2.85. The molecule has 1 aliphatic rings. The van der Waals surface area contributed by atoms with E-state index in [0.717, 1.165) is 16.7 Å². The highest BCUT2D eigenvalue weighted by molar-refractivity contribution is 9.10. The van der Waals surface area contributed by atoms with Gasteiger partial charge < -0.3 is 15.1 Å². The van der Waals surface area contributed by atoms with Crippen LogP contribution in [0.15, 0.2) is 77.4 Å². The number of carbonyl (C=O) groups is 2. The Morgan fingerprint density at radius 1 is 0.906 bits per heavy atom. The van der Waals surface area contributed by atoms with Gasteiger partial charge in [0.15, 0.2) is 0 Å². The van der Waals surface area contributed by atoms with E-state index in [2.05, 4.69) is 43.3 Å². The van der Waals surface area contributed by atoms with E-state index in [4.69, 9.17) is 0 Å². The van der Waals surface area contributed by atoms with E-state index in [1.54, 1.807) is 12.3 Å². The van der Waals surface area contributed by atoms with Gasteiger partial charge in [-0.05, 0) is 52.2 Å². The minimum atomic E-state index is -0.121. The summed E-state index contributed by atoms with van der Waals surface area (Å²) in [5, 5.41) is 2.94. The van der Waals surface area contributed by atoms with Crippen LogP contribution in [0.5, 0.6) is 0 Å². The second kappa shape index (κ2) is 10.4. The predicted octanol–water partition coefficient (Wildman–Crippen LogP) is 3.78. The summed E-state index contributed by atoms with van der Waals surface area (Å²) in [5.41, 5.74) is 2.42. The molecule has 0 atom stereocenters. The van der Waals surface area contributed by atoms with Crippen molar-refractivity contribution in [1.29, 1.82) is 0 Å². The number of anilines is 1. The third-order valence-corrected chi connectivity index (χ3v) is 6.24. The van der Waals surface area contributed by atoms with Gasteiger partial charge in [-0.15, -0.1) is 0 Å². The van der Waals surface area contributed by atoms with Gasteiger partial charge in [0, 0.05) is 43.4 Å². The monoisotopic (exact) mass is 492 g/mol. The van der Waals surface area contributed by atoms with Crippen LogP contribution >= 0.6 is 15.9 Å². The molecule has 0 bridgehead atoms. The lowest BCUT2D eigenvalue weighted by Crippen LogP contribution is -2.49. The van der Waals surface area contributed by atoms with Gasteiger partial charge in [0.2, 0.25) is 0 Å². The maximum Gasteiger partial charge on any atom is 0.255 e. The first kappa shape index (κ1) is 22.0. The Bertz CT molecular complexity index is 1060. The van der Waals surface area contributed by atoms with Gasteiger partial charge in [-0.25, -0.2) is 4.98 Å². The van der Waals surface area contributed by atoms with E-state index in [1.165, 1.54) is 5.56 Å². The number of amides is 2. The highest BCUT2D eigenvalue weighted by Crippen LogP contribution is 2.20. The number of aromatic nitrogens is 1. The molecule has 1 aromatic heterocycles. The van der Waals surface area contributed by atoms with Gasteiger partial charge in [0.25, 0.3) is 11.8 Å². The van der Waals surface area contributed by atoms with Crippen molar-refractivity contribution in [2.24, 2.45) is 0 Å². The van der Waals surface area contributed by atoms with Crippen molar-refractivity contribution in [2.45, 2.75) is 6.42 Å². The molecule has 0 saturated carbocycles. The summed E-state index contributed by atoms with van der Waals surface area (Å²) in [6, 6.07) is 21.2. The van der Waals surface area contributed by atoms with Gasteiger partial charge in [-0.1, -0.05) is 42.5 Å². The molecule has 164 valence electrons. The van der Waals surface area contributed by atoms with Crippen LogP contribution in [-0.2, 0) is 6.42 Å². The molecule has 0 spiro atoms. The zero-order valence-electron chi connectivity index (χ0n) is 17.7. The average molecular weight is 493 g/mol. The smallest absolute Gasteiger partial charge is 0.255 e. The summed E-state index contributed by atoms with van der Waals surface area (Å²) in [4.78, 5) is 33.7. The third-order valence-electron chi connectivity index (χ3n) is 5.55. The Labute approximate surface area is 196 Å². The van der Waals surface area contributed by atoms with Crippen molar-refractivity contribution >= 4 is 33.6 Å². The number of halogens is 1. The normalized spacial score (nSPS) is 13.7. The van der Waals surface area contributed by atoms with Crippen molar-refractivity contribution in [3.05, 3.63) is 94.1 Å². The number of nitrogens with zero attached hydrogens (tertiary/aromatic N) is 3. The summed E-state index contributed by atoms with van der Waals surface area (Å²) >= 11 is 3.46. The van der Waals surface area contributed by atoms with Crippen LogP contribution in [0.1, 0.15) is 26.3 Å². The van der Waals surface area contributed by atoms with Crippen LogP contribution in [0.2, 0.25) is 0 Å². The summed E-state index contributed by atoms with van der Waals surface area (Å²) < 4.78 is 0.812. The topological polar surface area (TPSA) is 65.5 Å². The van der Waals surface area contributed by atoms with Gasteiger partial charge in [-0.3, -0.25) is 9.59 Å². The van der Waals surface area contributed by atoms with Gasteiger partial charge in [0.1, 0.15) is 5.82 Å².